The molecule has 20 heavy (non-hydrogen) atoms. The minimum Gasteiger partial charge on any atom is -0.341 e. The quantitative estimate of drug-likeness (QED) is 0.806. The van der Waals surface area contributed by atoms with Gasteiger partial charge in [0.1, 0.15) is 0 Å². The number of hydrogen-bond acceptors (Lipinski definition) is 1. The highest BCUT2D eigenvalue weighted by molar-refractivity contribution is 9.10. The van der Waals surface area contributed by atoms with Crippen molar-refractivity contribution in [2.45, 2.75) is 38.6 Å². The third-order valence-corrected chi connectivity index (χ3v) is 5.89. The van der Waals surface area contributed by atoms with Crippen molar-refractivity contribution in [3.63, 3.8) is 0 Å². The van der Waals surface area contributed by atoms with Gasteiger partial charge in [0.05, 0.1) is 0 Å². The zero-order valence-corrected chi connectivity index (χ0v) is 13.6. The lowest BCUT2D eigenvalue weighted by atomic mass is 9.86. The van der Waals surface area contributed by atoms with E-state index in [2.05, 4.69) is 22.0 Å². The molecule has 3 heteroatoms. The highest BCUT2D eigenvalue weighted by atomic mass is 79.9. The molecule has 1 aromatic rings. The lowest BCUT2D eigenvalue weighted by Gasteiger charge is -2.24. The first-order chi connectivity index (χ1) is 9.63. The van der Waals surface area contributed by atoms with Crippen LogP contribution in [0, 0.1) is 17.8 Å². The molecule has 2 aliphatic rings. The molecule has 1 amide bonds. The Morgan fingerprint density at radius 3 is 2.75 bits per heavy atom. The van der Waals surface area contributed by atoms with Crippen molar-refractivity contribution < 1.29 is 4.79 Å². The van der Waals surface area contributed by atoms with E-state index in [1.807, 2.05) is 30.1 Å². The Kier molecular flexibility index (Phi) is 4.16. The van der Waals surface area contributed by atoms with Crippen LogP contribution in [0.4, 0.5) is 0 Å². The Morgan fingerprint density at radius 2 is 2.10 bits per heavy atom. The number of carbonyl (C=O) groups is 1. The van der Waals surface area contributed by atoms with E-state index in [1.165, 1.54) is 31.2 Å². The first-order valence-corrected chi connectivity index (χ1v) is 8.40. The summed E-state index contributed by atoms with van der Waals surface area (Å²) < 4.78 is 1.08. The van der Waals surface area contributed by atoms with Crippen LogP contribution in [0.2, 0.25) is 0 Å². The van der Waals surface area contributed by atoms with Gasteiger partial charge in [-0.05, 0) is 48.6 Å². The van der Waals surface area contributed by atoms with E-state index in [4.69, 9.17) is 0 Å². The zero-order chi connectivity index (χ0) is 14.1. The van der Waals surface area contributed by atoms with E-state index < -0.39 is 0 Å². The monoisotopic (exact) mass is 335 g/mol. The van der Waals surface area contributed by atoms with Gasteiger partial charge in [0.2, 0.25) is 5.91 Å². The molecule has 0 aliphatic heterocycles. The molecule has 2 fully saturated rings. The molecule has 2 nitrogen and oxygen atoms in total. The van der Waals surface area contributed by atoms with E-state index in [1.54, 1.807) is 0 Å². The van der Waals surface area contributed by atoms with Crippen molar-refractivity contribution in [2.24, 2.45) is 17.8 Å². The average Bonchev–Trinajstić information content (AvgIpc) is 3.03. The second-order valence-corrected chi connectivity index (χ2v) is 7.33. The van der Waals surface area contributed by atoms with Crippen molar-refractivity contribution in [1.29, 1.82) is 0 Å². The summed E-state index contributed by atoms with van der Waals surface area (Å²) in [5.74, 6) is 2.72. The summed E-state index contributed by atoms with van der Waals surface area (Å²) in [5, 5.41) is 0. The van der Waals surface area contributed by atoms with Gasteiger partial charge in [0, 0.05) is 24.5 Å². The highest BCUT2D eigenvalue weighted by Gasteiger charge is 2.40. The van der Waals surface area contributed by atoms with Gasteiger partial charge >= 0.3 is 0 Å². The number of amides is 1. The van der Waals surface area contributed by atoms with Crippen LogP contribution in [0.25, 0.3) is 0 Å². The summed E-state index contributed by atoms with van der Waals surface area (Å²) in [5.41, 5.74) is 1.18. The molecule has 0 N–H and O–H groups in total. The maximum Gasteiger partial charge on any atom is 0.222 e. The van der Waals surface area contributed by atoms with Crippen LogP contribution in [-0.2, 0) is 11.3 Å². The molecule has 3 rings (SSSR count). The molecule has 2 bridgehead atoms. The molecule has 0 radical (unpaired) electrons. The van der Waals surface area contributed by atoms with E-state index >= 15 is 0 Å². The minimum atomic E-state index is 0.304. The minimum absolute atomic E-state index is 0.304. The molecular weight excluding hydrogens is 314 g/mol. The number of hydrogen-bond donors (Lipinski definition) is 0. The fraction of sp³-hybridized carbons (Fsp3) is 0.588. The molecule has 0 heterocycles. The Hall–Kier alpha value is -0.830. The molecule has 0 aromatic heterocycles. The first kappa shape index (κ1) is 14.1. The first-order valence-electron chi connectivity index (χ1n) is 7.61. The van der Waals surface area contributed by atoms with Crippen LogP contribution in [0.1, 0.15) is 37.7 Å². The van der Waals surface area contributed by atoms with Crippen molar-refractivity contribution in [1.82, 2.24) is 4.90 Å². The molecule has 0 spiro atoms. The SMILES string of the molecule is CN(Cc1ccccc1Br)C(=O)CC1CC2CCC1C2. The largest absolute Gasteiger partial charge is 0.341 e. The van der Waals surface area contributed by atoms with Gasteiger partial charge in [-0.3, -0.25) is 4.79 Å². The number of nitrogens with zero attached hydrogens (tertiary/aromatic N) is 1. The van der Waals surface area contributed by atoms with Crippen LogP contribution in [-0.4, -0.2) is 17.9 Å². The number of fused-ring (bicyclic) bond motifs is 2. The van der Waals surface area contributed by atoms with Crippen molar-refractivity contribution >= 4 is 21.8 Å². The van der Waals surface area contributed by atoms with Crippen molar-refractivity contribution in [3.8, 4) is 0 Å². The number of carbonyl (C=O) groups excluding carboxylic acids is 1. The predicted octanol–water partition coefficient (Wildman–Crippen LogP) is 4.23. The zero-order valence-electron chi connectivity index (χ0n) is 12.0. The summed E-state index contributed by atoms with van der Waals surface area (Å²) in [6.45, 7) is 0.696. The van der Waals surface area contributed by atoms with Gasteiger partial charge in [-0.2, -0.15) is 0 Å². The fourth-order valence-corrected chi connectivity index (χ4v) is 4.39. The lowest BCUT2D eigenvalue weighted by molar-refractivity contribution is -0.131. The predicted molar refractivity (Wildman–Crippen MR) is 84.2 cm³/mol. The summed E-state index contributed by atoms with van der Waals surface area (Å²) in [6, 6.07) is 8.13. The second kappa shape index (κ2) is 5.88. The Labute approximate surface area is 129 Å². The number of rotatable bonds is 4. The highest BCUT2D eigenvalue weighted by Crippen LogP contribution is 2.49. The van der Waals surface area contributed by atoms with E-state index in [0.29, 0.717) is 18.4 Å². The van der Waals surface area contributed by atoms with Crippen LogP contribution in [0.5, 0.6) is 0 Å². The van der Waals surface area contributed by atoms with Crippen LogP contribution >= 0.6 is 15.9 Å². The average molecular weight is 336 g/mol. The number of halogens is 1. The smallest absolute Gasteiger partial charge is 0.222 e. The molecule has 2 aliphatic carbocycles. The lowest BCUT2D eigenvalue weighted by Crippen LogP contribution is -2.29. The topological polar surface area (TPSA) is 20.3 Å². The van der Waals surface area contributed by atoms with Gasteiger partial charge in [-0.25, -0.2) is 0 Å². The van der Waals surface area contributed by atoms with E-state index in [0.717, 1.165) is 22.7 Å². The van der Waals surface area contributed by atoms with E-state index in [-0.39, 0.29) is 0 Å². The van der Waals surface area contributed by atoms with Crippen LogP contribution in [0.15, 0.2) is 28.7 Å². The van der Waals surface area contributed by atoms with Gasteiger partial charge < -0.3 is 4.90 Å². The second-order valence-electron chi connectivity index (χ2n) is 6.48. The van der Waals surface area contributed by atoms with Gasteiger partial charge in [-0.15, -0.1) is 0 Å². The van der Waals surface area contributed by atoms with Gasteiger partial charge in [0.15, 0.2) is 0 Å². The summed E-state index contributed by atoms with van der Waals surface area (Å²) in [6.07, 6.45) is 6.19. The third kappa shape index (κ3) is 2.93. The number of benzene rings is 1. The standard InChI is InChI=1S/C17H22BrNO/c1-19(11-14-4-2-3-5-16(14)18)17(20)10-15-9-12-6-7-13(15)8-12/h2-5,12-13,15H,6-11H2,1H3. The van der Waals surface area contributed by atoms with E-state index in [9.17, 15) is 4.79 Å². The maximum atomic E-state index is 12.4. The normalized spacial score (nSPS) is 27.8. The van der Waals surface area contributed by atoms with Crippen molar-refractivity contribution in [2.75, 3.05) is 7.05 Å². The molecule has 2 saturated carbocycles. The van der Waals surface area contributed by atoms with Crippen molar-refractivity contribution in [3.05, 3.63) is 34.3 Å². The van der Waals surface area contributed by atoms with Crippen LogP contribution in [0.3, 0.4) is 0 Å². The summed E-state index contributed by atoms with van der Waals surface area (Å²) in [7, 11) is 1.93. The van der Waals surface area contributed by atoms with Gasteiger partial charge in [0.25, 0.3) is 0 Å². The molecule has 3 unspecified atom stereocenters. The molecule has 0 saturated heterocycles. The molecule has 1 aromatic carbocycles. The summed E-state index contributed by atoms with van der Waals surface area (Å²) in [4.78, 5) is 14.3. The third-order valence-electron chi connectivity index (χ3n) is 5.11. The maximum absolute atomic E-state index is 12.4. The van der Waals surface area contributed by atoms with Crippen LogP contribution < -0.4 is 0 Å². The Morgan fingerprint density at radius 1 is 1.30 bits per heavy atom. The summed E-state index contributed by atoms with van der Waals surface area (Å²) >= 11 is 3.55. The Balaban J connectivity index is 1.56. The van der Waals surface area contributed by atoms with Gasteiger partial charge in [-0.1, -0.05) is 40.5 Å². The molecular formula is C17H22BrNO. The Bertz CT molecular complexity index is 502. The fourth-order valence-electron chi connectivity index (χ4n) is 3.98. The molecule has 108 valence electrons. The molecule has 3 atom stereocenters.